The van der Waals surface area contributed by atoms with Crippen molar-refractivity contribution in [1.29, 1.82) is 0 Å². The number of nitrogens with zero attached hydrogens (tertiary/aromatic N) is 6. The number of nitrogens with one attached hydrogen (secondary N) is 1. The molecular formula is C32H28F3N7O5. The molecule has 2 bridgehead atoms. The third kappa shape index (κ3) is 5.30. The lowest BCUT2D eigenvalue weighted by molar-refractivity contribution is -0.0656. The molecule has 47 heavy (non-hydrogen) atoms. The normalized spacial score (nSPS) is 21.6. The molecule has 0 aliphatic carbocycles. The molecule has 7 rings (SSSR count). The Labute approximate surface area is 265 Å². The van der Waals surface area contributed by atoms with Gasteiger partial charge in [-0.2, -0.15) is 0 Å². The summed E-state index contributed by atoms with van der Waals surface area (Å²) in [4.78, 5) is 49.5. The third-order valence-electron chi connectivity index (χ3n) is 8.97. The van der Waals surface area contributed by atoms with E-state index in [1.165, 1.54) is 21.6 Å². The topological polar surface area (TPSA) is 133 Å². The second kappa shape index (κ2) is 11.7. The van der Waals surface area contributed by atoms with Gasteiger partial charge in [0.05, 0.1) is 24.9 Å². The summed E-state index contributed by atoms with van der Waals surface area (Å²) in [6.45, 7) is 1.33. The number of amides is 2. The highest BCUT2D eigenvalue weighted by Crippen LogP contribution is 2.46. The number of carbonyl (C=O) groups is 2. The monoisotopic (exact) mass is 647 g/mol. The van der Waals surface area contributed by atoms with Gasteiger partial charge in [0.25, 0.3) is 11.8 Å². The summed E-state index contributed by atoms with van der Waals surface area (Å²) in [6, 6.07) is 9.09. The van der Waals surface area contributed by atoms with Crippen LogP contribution in [0.4, 0.5) is 13.2 Å². The van der Waals surface area contributed by atoms with Gasteiger partial charge in [-0.05, 0) is 25.3 Å². The van der Waals surface area contributed by atoms with Crippen molar-refractivity contribution < 1.29 is 32.3 Å². The summed E-state index contributed by atoms with van der Waals surface area (Å²) in [5.41, 5.74) is -2.24. The molecule has 2 aromatic carbocycles. The molecule has 242 valence electrons. The van der Waals surface area contributed by atoms with E-state index in [0.717, 1.165) is 0 Å². The molecule has 0 saturated carbocycles. The molecule has 12 nitrogen and oxygen atoms in total. The van der Waals surface area contributed by atoms with Crippen molar-refractivity contribution in [2.45, 2.75) is 57.0 Å². The van der Waals surface area contributed by atoms with Gasteiger partial charge >= 0.3 is 0 Å². The Morgan fingerprint density at radius 3 is 2.64 bits per heavy atom. The van der Waals surface area contributed by atoms with Gasteiger partial charge in [0.15, 0.2) is 22.9 Å². The van der Waals surface area contributed by atoms with E-state index in [4.69, 9.17) is 9.57 Å². The van der Waals surface area contributed by atoms with Crippen molar-refractivity contribution >= 4 is 17.6 Å². The summed E-state index contributed by atoms with van der Waals surface area (Å²) in [5.74, 6) is -4.79. The number of pyridine rings is 1. The van der Waals surface area contributed by atoms with Crippen LogP contribution in [0.25, 0.3) is 0 Å². The minimum Gasteiger partial charge on any atom is -0.483 e. The highest BCUT2D eigenvalue weighted by molar-refractivity contribution is 5.99. The lowest BCUT2D eigenvalue weighted by atomic mass is 9.85. The fraction of sp³-hybridized carbons (Fsp3) is 0.312. The first-order valence-electron chi connectivity index (χ1n) is 15.0. The first-order chi connectivity index (χ1) is 22.6. The number of benzene rings is 2. The Hall–Kier alpha value is -5.47. The minimum absolute atomic E-state index is 0.0553. The van der Waals surface area contributed by atoms with Crippen molar-refractivity contribution in [1.82, 2.24) is 29.8 Å². The Morgan fingerprint density at radius 2 is 1.91 bits per heavy atom. The zero-order valence-electron chi connectivity index (χ0n) is 25.0. The molecular weight excluding hydrogens is 619 g/mol. The van der Waals surface area contributed by atoms with Gasteiger partial charge in [0.2, 0.25) is 5.43 Å². The first-order valence-corrected chi connectivity index (χ1v) is 15.0. The van der Waals surface area contributed by atoms with E-state index in [1.807, 2.05) is 13.0 Å². The minimum atomic E-state index is -1.20. The van der Waals surface area contributed by atoms with E-state index >= 15 is 0 Å². The second-order valence-corrected chi connectivity index (χ2v) is 11.8. The highest BCUT2D eigenvalue weighted by Gasteiger charge is 2.55. The number of aromatic nitrogens is 4. The van der Waals surface area contributed by atoms with Crippen LogP contribution < -0.4 is 15.5 Å². The maximum absolute atomic E-state index is 14.4. The van der Waals surface area contributed by atoms with Crippen LogP contribution in [0.3, 0.4) is 0 Å². The zero-order chi connectivity index (χ0) is 32.9. The Balaban J connectivity index is 1.32. The number of ether oxygens (including phenoxy) is 1. The van der Waals surface area contributed by atoms with Crippen molar-refractivity contribution in [2.24, 2.45) is 5.16 Å². The van der Waals surface area contributed by atoms with Crippen molar-refractivity contribution in [3.8, 4) is 5.75 Å². The summed E-state index contributed by atoms with van der Waals surface area (Å²) < 4.78 is 51.2. The molecule has 1 spiro atoms. The van der Waals surface area contributed by atoms with Crippen molar-refractivity contribution in [3.05, 3.63) is 111 Å². The number of hydrogen-bond acceptors (Lipinski definition) is 8. The molecule has 15 heteroatoms. The van der Waals surface area contributed by atoms with Gasteiger partial charge < -0.3 is 24.4 Å². The maximum Gasteiger partial charge on any atom is 0.274 e. The van der Waals surface area contributed by atoms with Crippen LogP contribution in [0.1, 0.15) is 64.2 Å². The first kappa shape index (κ1) is 30.2. The summed E-state index contributed by atoms with van der Waals surface area (Å²) in [5, 5.41) is 14.5. The summed E-state index contributed by atoms with van der Waals surface area (Å²) in [7, 11) is 0. The number of carbonyl (C=O) groups excluding carboxylic acids is 2. The lowest BCUT2D eigenvalue weighted by Gasteiger charge is -2.42. The molecule has 1 fully saturated rings. The predicted molar refractivity (Wildman–Crippen MR) is 159 cm³/mol. The molecule has 3 aliphatic rings. The fourth-order valence-corrected chi connectivity index (χ4v) is 6.42. The van der Waals surface area contributed by atoms with E-state index in [9.17, 15) is 27.6 Å². The van der Waals surface area contributed by atoms with Gasteiger partial charge in [-0.25, -0.2) is 17.9 Å². The molecule has 3 aliphatic heterocycles. The standard InChI is InChI=1S/C32H28F3N7O5/c1-18-7-8-32(13-26(38-47-32)42-10-9-37-39-42)25-16-40(18)31(45)27-29(46-17-19-5-3-2-4-6-19)28(43)22(15-41(25)27)30(44)36-14-21-23(34)11-20(33)12-24(21)35/h2-6,9-12,15,18,25H,7-8,13-14,16-17H2,1H3,(H,36,44)/t18-,25?,32-/m0/s1. The number of rotatable bonds is 6. The van der Waals surface area contributed by atoms with Gasteiger partial charge in [-0.3, -0.25) is 14.4 Å². The van der Waals surface area contributed by atoms with Crippen molar-refractivity contribution in [3.63, 3.8) is 0 Å². The number of halogens is 3. The van der Waals surface area contributed by atoms with E-state index in [0.29, 0.717) is 36.4 Å². The van der Waals surface area contributed by atoms with Crippen LogP contribution in [-0.2, 0) is 18.0 Å². The number of oxime groups is 1. The van der Waals surface area contributed by atoms with E-state index in [2.05, 4.69) is 20.8 Å². The Morgan fingerprint density at radius 1 is 1.15 bits per heavy atom. The van der Waals surface area contributed by atoms with Crippen LogP contribution in [-0.4, -0.2) is 60.3 Å². The van der Waals surface area contributed by atoms with Gasteiger partial charge in [-0.1, -0.05) is 40.7 Å². The van der Waals surface area contributed by atoms with Crippen LogP contribution in [0, 0.1) is 17.5 Å². The SMILES string of the molecule is C[C@H]1CC[C@]2(CC(n3ccnn3)=NO2)C2CN1C(=O)c1c(OCc3ccccc3)c(=O)c(C(=O)NCc3c(F)cc(F)cc3F)cn12. The predicted octanol–water partition coefficient (Wildman–Crippen LogP) is 3.57. The second-order valence-electron chi connectivity index (χ2n) is 11.8. The fourth-order valence-electron chi connectivity index (χ4n) is 6.42. The van der Waals surface area contributed by atoms with E-state index < -0.39 is 64.0 Å². The largest absolute Gasteiger partial charge is 0.483 e. The quantitative estimate of drug-likeness (QED) is 0.339. The van der Waals surface area contributed by atoms with Gasteiger partial charge in [0.1, 0.15) is 29.6 Å². The van der Waals surface area contributed by atoms with Crippen LogP contribution in [0.15, 0.2) is 71.0 Å². The Kier molecular flexibility index (Phi) is 7.53. The molecule has 0 radical (unpaired) electrons. The third-order valence-corrected chi connectivity index (χ3v) is 8.97. The number of fused-ring (bicyclic) bond motifs is 5. The Bertz CT molecular complexity index is 1940. The van der Waals surface area contributed by atoms with Crippen LogP contribution in [0.5, 0.6) is 5.75 Å². The summed E-state index contributed by atoms with van der Waals surface area (Å²) >= 11 is 0. The van der Waals surface area contributed by atoms with Gasteiger partial charge in [0, 0.05) is 43.0 Å². The molecule has 2 aromatic heterocycles. The molecule has 5 heterocycles. The van der Waals surface area contributed by atoms with Crippen molar-refractivity contribution in [2.75, 3.05) is 6.54 Å². The van der Waals surface area contributed by atoms with Gasteiger partial charge in [-0.15, -0.1) is 5.10 Å². The molecule has 1 N–H and O–H groups in total. The van der Waals surface area contributed by atoms with Crippen LogP contribution in [0.2, 0.25) is 0 Å². The highest BCUT2D eigenvalue weighted by atomic mass is 19.1. The average Bonchev–Trinajstić information content (AvgIpc) is 3.72. The number of hydrogen-bond donors (Lipinski definition) is 1. The smallest absolute Gasteiger partial charge is 0.274 e. The summed E-state index contributed by atoms with van der Waals surface area (Å²) in [6.07, 6.45) is 5.71. The lowest BCUT2D eigenvalue weighted by Crippen LogP contribution is -2.52. The zero-order valence-corrected chi connectivity index (χ0v) is 25.0. The molecule has 4 aromatic rings. The van der Waals surface area contributed by atoms with Crippen LogP contribution >= 0.6 is 0 Å². The molecule has 1 saturated heterocycles. The van der Waals surface area contributed by atoms with E-state index in [-0.39, 0.29) is 37.1 Å². The molecule has 3 atom stereocenters. The molecule has 2 amide bonds. The van der Waals surface area contributed by atoms with E-state index in [1.54, 1.807) is 35.4 Å². The maximum atomic E-state index is 14.4. The average molecular weight is 648 g/mol. The molecule has 1 unspecified atom stereocenters.